The Labute approximate surface area is 127 Å². The van der Waals surface area contributed by atoms with Crippen LogP contribution in [-0.4, -0.2) is 9.78 Å². The molecule has 2 N–H and O–H groups in total. The minimum atomic E-state index is -0.277. The van der Waals surface area contributed by atoms with Crippen molar-refractivity contribution >= 4 is 15.9 Å². The monoisotopic (exact) mass is 339 g/mol. The number of hydrogen-bond donors (Lipinski definition) is 1. The van der Waals surface area contributed by atoms with Crippen LogP contribution < -0.4 is 5.73 Å². The van der Waals surface area contributed by atoms with Crippen molar-refractivity contribution in [3.05, 3.63) is 40.2 Å². The van der Waals surface area contributed by atoms with Crippen LogP contribution in [0.3, 0.4) is 0 Å². The fraction of sp³-hybridized carbons (Fsp3) is 0.400. The SMILES string of the molecule is C[C@@H](N)c1cnn(C(C)(C)C)c1-c1cc(F)ccc1Br. The fourth-order valence-corrected chi connectivity index (χ4v) is 2.59. The van der Waals surface area contributed by atoms with Crippen LogP contribution in [0.4, 0.5) is 4.39 Å². The lowest BCUT2D eigenvalue weighted by atomic mass is 10.0. The summed E-state index contributed by atoms with van der Waals surface area (Å²) in [5, 5.41) is 4.45. The molecule has 5 heteroatoms. The van der Waals surface area contributed by atoms with Gasteiger partial charge in [-0.3, -0.25) is 4.68 Å². The van der Waals surface area contributed by atoms with E-state index >= 15 is 0 Å². The largest absolute Gasteiger partial charge is 0.324 e. The summed E-state index contributed by atoms with van der Waals surface area (Å²) in [7, 11) is 0. The van der Waals surface area contributed by atoms with Crippen molar-refractivity contribution < 1.29 is 4.39 Å². The number of halogens is 2. The number of hydrogen-bond acceptors (Lipinski definition) is 2. The summed E-state index contributed by atoms with van der Waals surface area (Å²) in [6, 6.07) is 4.47. The molecule has 0 saturated carbocycles. The molecule has 20 heavy (non-hydrogen) atoms. The zero-order chi connectivity index (χ0) is 15.1. The second-order valence-electron chi connectivity index (χ2n) is 5.94. The van der Waals surface area contributed by atoms with Crippen LogP contribution in [0.2, 0.25) is 0 Å². The van der Waals surface area contributed by atoms with Gasteiger partial charge in [0.25, 0.3) is 0 Å². The molecule has 1 heterocycles. The molecule has 0 spiro atoms. The van der Waals surface area contributed by atoms with Gasteiger partial charge in [0.2, 0.25) is 0 Å². The average Bonchev–Trinajstić information content (AvgIpc) is 2.76. The van der Waals surface area contributed by atoms with Gasteiger partial charge in [-0.1, -0.05) is 15.9 Å². The van der Waals surface area contributed by atoms with Crippen molar-refractivity contribution in [2.45, 2.75) is 39.3 Å². The fourth-order valence-electron chi connectivity index (χ4n) is 2.15. The highest BCUT2D eigenvalue weighted by atomic mass is 79.9. The zero-order valence-electron chi connectivity index (χ0n) is 12.1. The Morgan fingerprint density at radius 3 is 2.55 bits per heavy atom. The first-order valence-corrected chi connectivity index (χ1v) is 7.30. The van der Waals surface area contributed by atoms with E-state index in [4.69, 9.17) is 5.73 Å². The van der Waals surface area contributed by atoms with E-state index in [1.54, 1.807) is 12.3 Å². The lowest BCUT2D eigenvalue weighted by molar-refractivity contribution is 0.359. The molecule has 0 aliphatic carbocycles. The minimum absolute atomic E-state index is 0.170. The summed E-state index contributed by atoms with van der Waals surface area (Å²) in [5.74, 6) is -0.277. The van der Waals surface area contributed by atoms with Crippen LogP contribution in [0.1, 0.15) is 39.3 Å². The molecule has 1 aromatic carbocycles. The molecule has 108 valence electrons. The molecule has 1 aromatic heterocycles. The van der Waals surface area contributed by atoms with Crippen molar-refractivity contribution in [3.63, 3.8) is 0 Å². The molecule has 0 aliphatic rings. The number of nitrogens with zero attached hydrogens (tertiary/aromatic N) is 2. The van der Waals surface area contributed by atoms with Gasteiger partial charge >= 0.3 is 0 Å². The van der Waals surface area contributed by atoms with Gasteiger partial charge in [0.1, 0.15) is 5.82 Å². The van der Waals surface area contributed by atoms with Crippen molar-refractivity contribution in [2.24, 2.45) is 5.73 Å². The van der Waals surface area contributed by atoms with Gasteiger partial charge in [0.15, 0.2) is 0 Å². The first-order chi connectivity index (χ1) is 9.21. The van der Waals surface area contributed by atoms with Crippen LogP contribution in [0.25, 0.3) is 11.3 Å². The maximum absolute atomic E-state index is 13.6. The van der Waals surface area contributed by atoms with Crippen molar-refractivity contribution in [2.75, 3.05) is 0 Å². The van der Waals surface area contributed by atoms with E-state index in [9.17, 15) is 4.39 Å². The molecular formula is C15H19BrFN3. The molecule has 0 amide bonds. The van der Waals surface area contributed by atoms with E-state index in [0.717, 1.165) is 21.3 Å². The van der Waals surface area contributed by atoms with Crippen LogP contribution in [0.15, 0.2) is 28.9 Å². The van der Waals surface area contributed by atoms with Crippen molar-refractivity contribution in [1.29, 1.82) is 0 Å². The second-order valence-corrected chi connectivity index (χ2v) is 6.80. The highest BCUT2D eigenvalue weighted by Gasteiger charge is 2.24. The highest BCUT2D eigenvalue weighted by molar-refractivity contribution is 9.10. The van der Waals surface area contributed by atoms with Crippen molar-refractivity contribution in [3.8, 4) is 11.3 Å². The van der Waals surface area contributed by atoms with Gasteiger partial charge in [-0.2, -0.15) is 5.10 Å². The number of benzene rings is 1. The van der Waals surface area contributed by atoms with Crippen LogP contribution >= 0.6 is 15.9 Å². The summed E-state index contributed by atoms with van der Waals surface area (Å²) >= 11 is 3.49. The number of aromatic nitrogens is 2. The average molecular weight is 340 g/mol. The Morgan fingerprint density at radius 2 is 2.00 bits per heavy atom. The summed E-state index contributed by atoms with van der Waals surface area (Å²) in [4.78, 5) is 0. The molecule has 2 rings (SSSR count). The summed E-state index contributed by atoms with van der Waals surface area (Å²) < 4.78 is 16.3. The Kier molecular flexibility index (Phi) is 4.02. The Morgan fingerprint density at radius 1 is 1.35 bits per heavy atom. The van der Waals surface area contributed by atoms with Gasteiger partial charge in [0, 0.05) is 21.6 Å². The first-order valence-electron chi connectivity index (χ1n) is 6.51. The maximum Gasteiger partial charge on any atom is 0.123 e. The molecule has 0 unspecified atom stereocenters. The van der Waals surface area contributed by atoms with E-state index in [-0.39, 0.29) is 17.4 Å². The Balaban J connectivity index is 2.76. The molecular weight excluding hydrogens is 321 g/mol. The second kappa shape index (κ2) is 5.30. The van der Waals surface area contributed by atoms with Gasteiger partial charge in [-0.15, -0.1) is 0 Å². The lowest BCUT2D eigenvalue weighted by Gasteiger charge is -2.24. The standard InChI is InChI=1S/C15H19BrFN3/c1-9(18)12-8-19-20(15(2,3)4)14(12)11-7-10(17)5-6-13(11)16/h5-9H,18H2,1-4H3/t9-/m1/s1. The molecule has 0 saturated heterocycles. The lowest BCUT2D eigenvalue weighted by Crippen LogP contribution is -2.24. The molecule has 0 fully saturated rings. The van der Waals surface area contributed by atoms with Crippen molar-refractivity contribution in [1.82, 2.24) is 9.78 Å². The number of rotatable bonds is 2. The minimum Gasteiger partial charge on any atom is -0.324 e. The highest BCUT2D eigenvalue weighted by Crippen LogP contribution is 2.36. The van der Waals surface area contributed by atoms with Crippen LogP contribution in [0.5, 0.6) is 0 Å². The third-order valence-electron chi connectivity index (χ3n) is 3.11. The van der Waals surface area contributed by atoms with E-state index in [0.29, 0.717) is 0 Å². The molecule has 3 nitrogen and oxygen atoms in total. The first kappa shape index (κ1) is 15.2. The topological polar surface area (TPSA) is 43.8 Å². The molecule has 0 aliphatic heterocycles. The quantitative estimate of drug-likeness (QED) is 0.889. The van der Waals surface area contributed by atoms with Gasteiger partial charge in [0.05, 0.1) is 17.4 Å². The van der Waals surface area contributed by atoms with E-state index in [1.165, 1.54) is 12.1 Å². The van der Waals surface area contributed by atoms with Gasteiger partial charge < -0.3 is 5.73 Å². The summed E-state index contributed by atoms with van der Waals surface area (Å²) in [6.07, 6.45) is 1.77. The third kappa shape index (κ3) is 2.79. The summed E-state index contributed by atoms with van der Waals surface area (Å²) in [5.41, 5.74) is 8.36. The molecule has 1 atom stereocenters. The normalized spacial score (nSPS) is 13.6. The molecule has 0 radical (unpaired) electrons. The van der Waals surface area contributed by atoms with Gasteiger partial charge in [-0.25, -0.2) is 4.39 Å². The predicted octanol–water partition coefficient (Wildman–Crippen LogP) is 4.23. The molecule has 0 bridgehead atoms. The zero-order valence-corrected chi connectivity index (χ0v) is 13.7. The number of nitrogens with two attached hydrogens (primary N) is 1. The summed E-state index contributed by atoms with van der Waals surface area (Å²) in [6.45, 7) is 8.08. The van der Waals surface area contributed by atoms with E-state index in [2.05, 4.69) is 41.8 Å². The third-order valence-corrected chi connectivity index (χ3v) is 3.80. The Hall–Kier alpha value is -1.20. The van der Waals surface area contributed by atoms with Gasteiger partial charge in [-0.05, 0) is 45.9 Å². The maximum atomic E-state index is 13.6. The smallest absolute Gasteiger partial charge is 0.123 e. The predicted molar refractivity (Wildman–Crippen MR) is 82.9 cm³/mol. The van der Waals surface area contributed by atoms with E-state index in [1.807, 2.05) is 11.6 Å². The molecule has 2 aromatic rings. The van der Waals surface area contributed by atoms with Crippen LogP contribution in [0, 0.1) is 5.82 Å². The van der Waals surface area contributed by atoms with Crippen LogP contribution in [-0.2, 0) is 5.54 Å². The Bertz CT molecular complexity index is 627. The van der Waals surface area contributed by atoms with E-state index < -0.39 is 0 Å².